The third-order valence-electron chi connectivity index (χ3n) is 2.43. The fraction of sp³-hybridized carbons (Fsp3) is 0.200. The summed E-state index contributed by atoms with van der Waals surface area (Å²) in [6.45, 7) is 0. The number of benzene rings is 1. The van der Waals surface area contributed by atoms with Crippen molar-refractivity contribution in [1.82, 2.24) is 5.48 Å². The number of anilines is 1. The van der Waals surface area contributed by atoms with E-state index in [2.05, 4.69) is 10.2 Å². The largest absolute Gasteiger partial charge is 0.374 e. The summed E-state index contributed by atoms with van der Waals surface area (Å²) in [6.07, 6.45) is -1.42. The first kappa shape index (κ1) is 14.4. The molecule has 1 aromatic rings. The second kappa shape index (κ2) is 5.52. The van der Waals surface area contributed by atoms with Crippen LogP contribution in [0, 0.1) is 5.92 Å². The molecule has 0 aromatic heterocycles. The number of carbonyl (C=O) groups excluding carboxylic acids is 2. The second-order valence-corrected chi connectivity index (χ2v) is 4.84. The van der Waals surface area contributed by atoms with Gasteiger partial charge in [-0.25, -0.2) is 4.79 Å². The fourth-order valence-electron chi connectivity index (χ4n) is 1.46. The summed E-state index contributed by atoms with van der Waals surface area (Å²) in [4.78, 5) is 27.4. The van der Waals surface area contributed by atoms with E-state index in [9.17, 15) is 14.7 Å². The zero-order valence-electron chi connectivity index (χ0n) is 9.12. The lowest BCUT2D eigenvalue weighted by atomic mass is 10.1. The van der Waals surface area contributed by atoms with E-state index >= 15 is 0 Å². The Kier molecular flexibility index (Phi) is 4.17. The highest BCUT2D eigenvalue weighted by Gasteiger charge is 2.42. The first-order chi connectivity index (χ1) is 8.91. The molecule has 1 aromatic carbocycles. The van der Waals surface area contributed by atoms with Gasteiger partial charge in [0.15, 0.2) is 12.1 Å². The average molecular weight is 326 g/mol. The average Bonchev–Trinajstić information content (AvgIpc) is 2.70. The highest BCUT2D eigenvalue weighted by molar-refractivity contribution is 6.49. The molecule has 102 valence electrons. The number of carbonyl (C=O) groups is 2. The van der Waals surface area contributed by atoms with Crippen LogP contribution in [-0.4, -0.2) is 23.2 Å². The summed E-state index contributed by atoms with van der Waals surface area (Å²) in [7, 11) is 0. The summed E-state index contributed by atoms with van der Waals surface area (Å²) in [5.74, 6) is -3.05. The summed E-state index contributed by atoms with van der Waals surface area (Å²) in [5.41, 5.74) is 2.16. The van der Waals surface area contributed by atoms with Gasteiger partial charge < -0.3 is 15.3 Å². The van der Waals surface area contributed by atoms with E-state index < -0.39 is 24.0 Å². The van der Waals surface area contributed by atoms with Crippen LogP contribution in [-0.2, 0) is 14.4 Å². The quantitative estimate of drug-likeness (QED) is 0.567. The Morgan fingerprint density at radius 3 is 2.58 bits per heavy atom. The number of hydrogen-bond donors (Lipinski definition) is 3. The number of amides is 1. The van der Waals surface area contributed by atoms with Crippen LogP contribution in [0.15, 0.2) is 12.1 Å². The summed E-state index contributed by atoms with van der Waals surface area (Å²) >= 11 is 17.5. The molecule has 2 rings (SSSR count). The Labute approximate surface area is 122 Å². The molecule has 1 aliphatic heterocycles. The van der Waals surface area contributed by atoms with Gasteiger partial charge in [-0.3, -0.25) is 4.79 Å². The minimum Gasteiger partial charge on any atom is -0.374 e. The van der Waals surface area contributed by atoms with Crippen molar-refractivity contribution in [2.45, 2.75) is 6.23 Å². The van der Waals surface area contributed by atoms with Crippen molar-refractivity contribution < 1.29 is 19.5 Å². The second-order valence-electron chi connectivity index (χ2n) is 3.67. The van der Waals surface area contributed by atoms with Crippen LogP contribution >= 0.6 is 34.8 Å². The molecule has 6 nitrogen and oxygen atoms in total. The molecule has 3 N–H and O–H groups in total. The summed E-state index contributed by atoms with van der Waals surface area (Å²) in [5, 5.41) is 12.1. The van der Waals surface area contributed by atoms with E-state index in [1.54, 1.807) is 0 Å². The van der Waals surface area contributed by atoms with Crippen molar-refractivity contribution in [3.8, 4) is 0 Å². The van der Waals surface area contributed by atoms with E-state index in [0.717, 1.165) is 0 Å². The molecule has 9 heteroatoms. The summed E-state index contributed by atoms with van der Waals surface area (Å²) in [6, 6.07) is 2.86. The van der Waals surface area contributed by atoms with Crippen LogP contribution in [0.4, 0.5) is 5.69 Å². The third kappa shape index (κ3) is 2.77. The molecular weight excluding hydrogens is 318 g/mol. The Bertz CT molecular complexity index is 552. The Balaban J connectivity index is 2.20. The van der Waals surface area contributed by atoms with Crippen molar-refractivity contribution in [3.05, 3.63) is 27.2 Å². The van der Waals surface area contributed by atoms with Gasteiger partial charge in [-0.05, 0) is 12.1 Å². The number of aliphatic hydroxyl groups is 1. The van der Waals surface area contributed by atoms with Gasteiger partial charge in [0, 0.05) is 0 Å². The number of rotatable bonds is 2. The van der Waals surface area contributed by atoms with Gasteiger partial charge in [-0.15, -0.1) is 5.48 Å². The van der Waals surface area contributed by atoms with Gasteiger partial charge in [0.1, 0.15) is 0 Å². The van der Waals surface area contributed by atoms with Crippen molar-refractivity contribution >= 4 is 52.4 Å². The number of hydroxylamine groups is 1. The minimum atomic E-state index is -1.42. The van der Waals surface area contributed by atoms with Gasteiger partial charge in [0.05, 0.1) is 20.8 Å². The van der Waals surface area contributed by atoms with Crippen molar-refractivity contribution in [3.63, 3.8) is 0 Å². The smallest absolute Gasteiger partial charge is 0.341 e. The molecule has 1 fully saturated rings. The molecule has 2 unspecified atom stereocenters. The predicted molar refractivity (Wildman–Crippen MR) is 68.8 cm³/mol. The molecular formula is C10H7Cl3N2O4. The Morgan fingerprint density at radius 2 is 2.00 bits per heavy atom. The maximum atomic E-state index is 11.8. The van der Waals surface area contributed by atoms with Crippen LogP contribution in [0.25, 0.3) is 0 Å². The summed E-state index contributed by atoms with van der Waals surface area (Å²) < 4.78 is 0. The van der Waals surface area contributed by atoms with Crippen LogP contribution in [0.3, 0.4) is 0 Å². The number of hydrogen-bond acceptors (Lipinski definition) is 5. The van der Waals surface area contributed by atoms with Gasteiger partial charge in [0.2, 0.25) is 5.91 Å². The lowest BCUT2D eigenvalue weighted by molar-refractivity contribution is -0.147. The predicted octanol–water partition coefficient (Wildman–Crippen LogP) is 1.58. The molecule has 2 atom stereocenters. The first-order valence-electron chi connectivity index (χ1n) is 5.00. The minimum absolute atomic E-state index is 0.0383. The molecule has 0 aliphatic carbocycles. The topological polar surface area (TPSA) is 87.7 Å². The van der Waals surface area contributed by atoms with Crippen LogP contribution in [0.2, 0.25) is 15.1 Å². The molecule has 1 aliphatic rings. The Hall–Kier alpha value is -1.05. The molecule has 0 spiro atoms. The maximum Gasteiger partial charge on any atom is 0.341 e. The fourth-order valence-corrected chi connectivity index (χ4v) is 2.04. The number of halogens is 3. The monoisotopic (exact) mass is 324 g/mol. The van der Waals surface area contributed by atoms with Crippen molar-refractivity contribution in [1.29, 1.82) is 0 Å². The molecule has 1 saturated heterocycles. The van der Waals surface area contributed by atoms with E-state index in [-0.39, 0.29) is 20.8 Å². The molecule has 1 amide bonds. The van der Waals surface area contributed by atoms with Crippen LogP contribution in [0.5, 0.6) is 0 Å². The van der Waals surface area contributed by atoms with Gasteiger partial charge in [-0.2, -0.15) is 0 Å². The number of aliphatic hydroxyl groups excluding tert-OH is 1. The maximum absolute atomic E-state index is 11.8. The highest BCUT2D eigenvalue weighted by Crippen LogP contribution is 2.35. The third-order valence-corrected chi connectivity index (χ3v) is 3.72. The molecule has 0 bridgehead atoms. The zero-order chi connectivity index (χ0) is 14.2. The number of nitrogens with one attached hydrogen (secondary N) is 2. The molecule has 19 heavy (non-hydrogen) atoms. The molecule has 0 saturated carbocycles. The lowest BCUT2D eigenvalue weighted by Crippen LogP contribution is -2.36. The van der Waals surface area contributed by atoms with E-state index in [1.807, 2.05) is 5.48 Å². The molecule has 0 radical (unpaired) electrons. The standard InChI is InChI=1S/C10H7Cl3N2O4/c11-3-1-2-4(7(13)6(3)12)14-8(16)5-9(17)15-19-10(5)18/h1-2,5,9,15,17H,(H,14,16). The van der Waals surface area contributed by atoms with E-state index in [0.29, 0.717) is 0 Å². The highest BCUT2D eigenvalue weighted by atomic mass is 35.5. The lowest BCUT2D eigenvalue weighted by Gasteiger charge is -2.12. The van der Waals surface area contributed by atoms with Crippen molar-refractivity contribution in [2.75, 3.05) is 5.32 Å². The molecule has 1 heterocycles. The zero-order valence-corrected chi connectivity index (χ0v) is 11.4. The van der Waals surface area contributed by atoms with Crippen LogP contribution in [0.1, 0.15) is 0 Å². The van der Waals surface area contributed by atoms with Crippen LogP contribution < -0.4 is 10.8 Å². The van der Waals surface area contributed by atoms with E-state index in [4.69, 9.17) is 34.8 Å². The normalized spacial score (nSPS) is 22.2. The van der Waals surface area contributed by atoms with Crippen molar-refractivity contribution in [2.24, 2.45) is 5.92 Å². The first-order valence-corrected chi connectivity index (χ1v) is 6.14. The van der Waals surface area contributed by atoms with E-state index in [1.165, 1.54) is 12.1 Å². The van der Waals surface area contributed by atoms with Gasteiger partial charge in [-0.1, -0.05) is 34.8 Å². The van der Waals surface area contributed by atoms with Gasteiger partial charge >= 0.3 is 5.97 Å². The Morgan fingerprint density at radius 1 is 1.32 bits per heavy atom. The SMILES string of the molecule is O=C(Nc1ccc(Cl)c(Cl)c1Cl)C1C(=O)ONC1O. The van der Waals surface area contributed by atoms with Gasteiger partial charge in [0.25, 0.3) is 0 Å².